The van der Waals surface area contributed by atoms with Gasteiger partial charge in [-0.05, 0) is 36.3 Å². The summed E-state index contributed by atoms with van der Waals surface area (Å²) in [6.07, 6.45) is 1.55. The van der Waals surface area contributed by atoms with Crippen molar-refractivity contribution in [1.82, 2.24) is 4.72 Å². The monoisotopic (exact) mass is 317 g/mol. The minimum Gasteiger partial charge on any atom is -0.497 e. The number of nitrogens with one attached hydrogen (secondary N) is 1. The average Bonchev–Trinajstić information content (AvgIpc) is 2.53. The second kappa shape index (κ2) is 7.24. The molecule has 116 valence electrons. The molecular formula is C17H19NO3S. The van der Waals surface area contributed by atoms with Gasteiger partial charge < -0.3 is 4.74 Å². The number of methoxy groups -OCH3 is 1. The van der Waals surface area contributed by atoms with Gasteiger partial charge in [-0.2, -0.15) is 0 Å². The summed E-state index contributed by atoms with van der Waals surface area (Å²) in [5.41, 5.74) is 2.86. The van der Waals surface area contributed by atoms with Gasteiger partial charge in [0.15, 0.2) is 0 Å². The summed E-state index contributed by atoms with van der Waals surface area (Å²) in [7, 11) is -1.88. The van der Waals surface area contributed by atoms with Gasteiger partial charge in [-0.1, -0.05) is 42.0 Å². The van der Waals surface area contributed by atoms with Crippen LogP contribution in [-0.2, 0) is 16.6 Å². The van der Waals surface area contributed by atoms with Crippen LogP contribution in [0, 0.1) is 6.92 Å². The Morgan fingerprint density at radius 2 is 1.68 bits per heavy atom. The van der Waals surface area contributed by atoms with Crippen molar-refractivity contribution >= 4 is 16.1 Å². The Labute approximate surface area is 131 Å². The topological polar surface area (TPSA) is 55.4 Å². The molecule has 0 heterocycles. The SMILES string of the molecule is COc1ccc(C=CS(=O)(=O)NCc2ccc(C)cc2)cc1. The van der Waals surface area contributed by atoms with Crippen LogP contribution in [0.15, 0.2) is 53.9 Å². The zero-order valence-electron chi connectivity index (χ0n) is 12.6. The van der Waals surface area contributed by atoms with Crippen molar-refractivity contribution in [3.05, 3.63) is 70.6 Å². The quantitative estimate of drug-likeness (QED) is 0.891. The second-order valence-electron chi connectivity index (χ2n) is 4.93. The first kappa shape index (κ1) is 16.3. The fourth-order valence-corrected chi connectivity index (χ4v) is 2.62. The van der Waals surface area contributed by atoms with Gasteiger partial charge in [-0.25, -0.2) is 13.1 Å². The third kappa shape index (κ3) is 5.02. The van der Waals surface area contributed by atoms with Gasteiger partial charge in [0.25, 0.3) is 0 Å². The zero-order chi connectivity index (χ0) is 16.0. The van der Waals surface area contributed by atoms with E-state index in [9.17, 15) is 8.42 Å². The van der Waals surface area contributed by atoms with Crippen LogP contribution in [0.2, 0.25) is 0 Å². The average molecular weight is 317 g/mol. The predicted molar refractivity (Wildman–Crippen MR) is 89.0 cm³/mol. The number of benzene rings is 2. The van der Waals surface area contributed by atoms with Crippen LogP contribution in [0.3, 0.4) is 0 Å². The van der Waals surface area contributed by atoms with E-state index in [1.54, 1.807) is 37.5 Å². The molecule has 0 unspecified atom stereocenters. The maximum atomic E-state index is 11.9. The van der Waals surface area contributed by atoms with Crippen LogP contribution in [0.4, 0.5) is 0 Å². The van der Waals surface area contributed by atoms with E-state index in [1.807, 2.05) is 31.2 Å². The van der Waals surface area contributed by atoms with Crippen LogP contribution in [-0.4, -0.2) is 15.5 Å². The van der Waals surface area contributed by atoms with Gasteiger partial charge in [0.2, 0.25) is 10.0 Å². The summed E-state index contributed by atoms with van der Waals surface area (Å²) in [6.45, 7) is 2.26. The molecule has 0 aliphatic heterocycles. The minimum absolute atomic E-state index is 0.273. The van der Waals surface area contributed by atoms with Crippen LogP contribution < -0.4 is 9.46 Å². The van der Waals surface area contributed by atoms with Gasteiger partial charge in [0.05, 0.1) is 7.11 Å². The Morgan fingerprint density at radius 1 is 1.05 bits per heavy atom. The largest absolute Gasteiger partial charge is 0.497 e. The summed E-state index contributed by atoms with van der Waals surface area (Å²) in [5.74, 6) is 0.734. The number of ether oxygens (including phenoxy) is 1. The third-order valence-corrected chi connectivity index (χ3v) is 4.19. The van der Waals surface area contributed by atoms with E-state index in [0.717, 1.165) is 22.4 Å². The van der Waals surface area contributed by atoms with E-state index >= 15 is 0 Å². The molecule has 0 aliphatic carbocycles. The number of rotatable bonds is 6. The Morgan fingerprint density at radius 3 is 2.27 bits per heavy atom. The molecule has 0 atom stereocenters. The molecular weight excluding hydrogens is 298 g/mol. The Bertz CT molecular complexity index is 732. The summed E-state index contributed by atoms with van der Waals surface area (Å²) in [4.78, 5) is 0. The molecule has 0 radical (unpaired) electrons. The fourth-order valence-electron chi connectivity index (χ4n) is 1.82. The molecule has 2 rings (SSSR count). The first-order valence-corrected chi connectivity index (χ1v) is 8.40. The number of sulfonamides is 1. The first-order valence-electron chi connectivity index (χ1n) is 6.86. The normalized spacial score (nSPS) is 11.7. The molecule has 0 bridgehead atoms. The minimum atomic E-state index is -3.47. The van der Waals surface area contributed by atoms with Crippen molar-refractivity contribution in [2.75, 3.05) is 7.11 Å². The van der Waals surface area contributed by atoms with Crippen LogP contribution in [0.1, 0.15) is 16.7 Å². The van der Waals surface area contributed by atoms with Crippen molar-refractivity contribution in [3.63, 3.8) is 0 Å². The van der Waals surface area contributed by atoms with Gasteiger partial charge >= 0.3 is 0 Å². The molecule has 5 heteroatoms. The van der Waals surface area contributed by atoms with Crippen LogP contribution in [0.25, 0.3) is 6.08 Å². The molecule has 0 aromatic heterocycles. The molecule has 22 heavy (non-hydrogen) atoms. The van der Waals surface area contributed by atoms with Crippen molar-refractivity contribution < 1.29 is 13.2 Å². The molecule has 0 saturated carbocycles. The van der Waals surface area contributed by atoms with E-state index in [4.69, 9.17) is 4.74 Å². The third-order valence-electron chi connectivity index (χ3n) is 3.15. The van der Waals surface area contributed by atoms with Gasteiger partial charge in [-0.15, -0.1) is 0 Å². The van der Waals surface area contributed by atoms with Crippen molar-refractivity contribution in [2.45, 2.75) is 13.5 Å². The molecule has 1 N–H and O–H groups in total. The highest BCUT2D eigenvalue weighted by Crippen LogP contribution is 2.12. The lowest BCUT2D eigenvalue weighted by atomic mass is 10.2. The molecule has 0 aliphatic rings. The zero-order valence-corrected chi connectivity index (χ0v) is 13.4. The summed E-state index contributed by atoms with van der Waals surface area (Å²) in [6, 6.07) is 14.9. The molecule has 0 spiro atoms. The standard InChI is InChI=1S/C17H19NO3S/c1-14-3-5-16(6-4-14)13-18-22(19,20)12-11-15-7-9-17(21-2)10-8-15/h3-12,18H,13H2,1-2H3. The molecule has 2 aromatic carbocycles. The second-order valence-corrected chi connectivity index (χ2v) is 6.58. The van der Waals surface area contributed by atoms with Gasteiger partial charge in [0.1, 0.15) is 5.75 Å². The number of hydrogen-bond acceptors (Lipinski definition) is 3. The molecule has 0 saturated heterocycles. The summed E-state index contributed by atoms with van der Waals surface area (Å²) >= 11 is 0. The fraction of sp³-hybridized carbons (Fsp3) is 0.176. The predicted octanol–water partition coefficient (Wildman–Crippen LogP) is 3.09. The van der Waals surface area contributed by atoms with Crippen LogP contribution >= 0.6 is 0 Å². The number of hydrogen-bond donors (Lipinski definition) is 1. The smallest absolute Gasteiger partial charge is 0.234 e. The Hall–Kier alpha value is -2.11. The summed E-state index contributed by atoms with van der Waals surface area (Å²) < 4.78 is 31.5. The van der Waals surface area contributed by atoms with Crippen molar-refractivity contribution in [2.24, 2.45) is 0 Å². The Kier molecular flexibility index (Phi) is 5.35. The maximum Gasteiger partial charge on any atom is 0.234 e. The maximum absolute atomic E-state index is 11.9. The summed E-state index contributed by atoms with van der Waals surface area (Å²) in [5, 5.41) is 1.17. The van der Waals surface area contributed by atoms with Crippen molar-refractivity contribution in [3.8, 4) is 5.75 Å². The lowest BCUT2D eigenvalue weighted by Crippen LogP contribution is -2.20. The number of aryl methyl sites for hydroxylation is 1. The van der Waals surface area contributed by atoms with E-state index in [1.165, 1.54) is 5.41 Å². The first-order chi connectivity index (χ1) is 10.5. The van der Waals surface area contributed by atoms with E-state index in [2.05, 4.69) is 4.72 Å². The Balaban J connectivity index is 1.97. The van der Waals surface area contributed by atoms with E-state index < -0.39 is 10.0 Å². The van der Waals surface area contributed by atoms with E-state index in [0.29, 0.717) is 0 Å². The molecule has 4 nitrogen and oxygen atoms in total. The highest BCUT2D eigenvalue weighted by atomic mass is 32.2. The molecule has 0 amide bonds. The van der Waals surface area contributed by atoms with Crippen LogP contribution in [0.5, 0.6) is 5.75 Å². The lowest BCUT2D eigenvalue weighted by Gasteiger charge is -2.04. The van der Waals surface area contributed by atoms with Gasteiger partial charge in [-0.3, -0.25) is 0 Å². The molecule has 0 fully saturated rings. The molecule has 2 aromatic rings. The lowest BCUT2D eigenvalue weighted by molar-refractivity contribution is 0.415. The van der Waals surface area contributed by atoms with E-state index in [-0.39, 0.29) is 6.54 Å². The highest BCUT2D eigenvalue weighted by Gasteiger charge is 2.04. The van der Waals surface area contributed by atoms with Gasteiger partial charge in [0, 0.05) is 12.0 Å². The highest BCUT2D eigenvalue weighted by molar-refractivity contribution is 7.92. The van der Waals surface area contributed by atoms with Crippen molar-refractivity contribution in [1.29, 1.82) is 0 Å².